The predicted molar refractivity (Wildman–Crippen MR) is 92.7 cm³/mol. The van der Waals surface area contributed by atoms with Crippen molar-refractivity contribution in [2.45, 2.75) is 19.4 Å². The molecule has 2 N–H and O–H groups in total. The highest BCUT2D eigenvalue weighted by atomic mass is 16.3. The van der Waals surface area contributed by atoms with Crippen LogP contribution in [0.15, 0.2) is 47.3 Å². The van der Waals surface area contributed by atoms with E-state index < -0.39 is 5.92 Å². The molecule has 0 aliphatic carbocycles. The maximum atomic E-state index is 12.2. The first-order chi connectivity index (χ1) is 12.6. The van der Waals surface area contributed by atoms with E-state index in [-0.39, 0.29) is 37.1 Å². The number of pyridine rings is 1. The highest BCUT2D eigenvalue weighted by Gasteiger charge is 2.34. The zero-order valence-corrected chi connectivity index (χ0v) is 14.2. The van der Waals surface area contributed by atoms with Crippen LogP contribution in [0.3, 0.4) is 0 Å². The van der Waals surface area contributed by atoms with Gasteiger partial charge in [-0.05, 0) is 24.3 Å². The standard InChI is InChI=1S/C18H20N4O4/c23-16(21-14-3-1-6-19-10-14)5-7-20-18(25)13-9-17(24)22(11-13)12-15-4-2-8-26-15/h1-4,6,8,10,13H,5,7,9,11-12H2,(H,20,25)(H,21,23). The van der Waals surface area contributed by atoms with E-state index in [4.69, 9.17) is 4.42 Å². The van der Waals surface area contributed by atoms with Gasteiger partial charge in [0.05, 0.1) is 30.6 Å². The van der Waals surface area contributed by atoms with Gasteiger partial charge < -0.3 is 20.0 Å². The Labute approximate surface area is 150 Å². The van der Waals surface area contributed by atoms with Gasteiger partial charge >= 0.3 is 0 Å². The fraction of sp³-hybridized carbons (Fsp3) is 0.333. The van der Waals surface area contributed by atoms with Crippen molar-refractivity contribution in [3.8, 4) is 0 Å². The Morgan fingerprint density at radius 3 is 2.92 bits per heavy atom. The fourth-order valence-electron chi connectivity index (χ4n) is 2.80. The minimum atomic E-state index is -0.404. The predicted octanol–water partition coefficient (Wildman–Crippen LogP) is 1.17. The molecular formula is C18H20N4O4. The Kier molecular flexibility index (Phi) is 5.62. The molecule has 2 aromatic rings. The Hall–Kier alpha value is -3.16. The summed E-state index contributed by atoms with van der Waals surface area (Å²) in [6, 6.07) is 7.02. The molecule has 136 valence electrons. The van der Waals surface area contributed by atoms with E-state index in [9.17, 15) is 14.4 Å². The summed E-state index contributed by atoms with van der Waals surface area (Å²) in [5.41, 5.74) is 0.610. The molecule has 0 aromatic carbocycles. The summed E-state index contributed by atoms with van der Waals surface area (Å²) >= 11 is 0. The summed E-state index contributed by atoms with van der Waals surface area (Å²) in [6.45, 7) is 0.935. The number of likely N-dealkylation sites (tertiary alicyclic amines) is 1. The van der Waals surface area contributed by atoms with Crippen molar-refractivity contribution < 1.29 is 18.8 Å². The summed E-state index contributed by atoms with van der Waals surface area (Å²) < 4.78 is 5.24. The first-order valence-electron chi connectivity index (χ1n) is 8.39. The Morgan fingerprint density at radius 1 is 1.31 bits per heavy atom. The molecule has 0 saturated carbocycles. The average molecular weight is 356 g/mol. The number of nitrogens with one attached hydrogen (secondary N) is 2. The molecule has 1 fully saturated rings. The molecular weight excluding hydrogens is 336 g/mol. The quantitative estimate of drug-likeness (QED) is 0.775. The number of carbonyl (C=O) groups is 3. The highest BCUT2D eigenvalue weighted by molar-refractivity contribution is 5.92. The molecule has 0 bridgehead atoms. The van der Waals surface area contributed by atoms with Gasteiger partial charge in [0.1, 0.15) is 5.76 Å². The molecule has 26 heavy (non-hydrogen) atoms. The highest BCUT2D eigenvalue weighted by Crippen LogP contribution is 2.20. The van der Waals surface area contributed by atoms with Crippen molar-refractivity contribution in [3.05, 3.63) is 48.7 Å². The van der Waals surface area contributed by atoms with Crippen LogP contribution in [0.5, 0.6) is 0 Å². The van der Waals surface area contributed by atoms with Gasteiger partial charge in [-0.15, -0.1) is 0 Å². The number of rotatable bonds is 7. The lowest BCUT2D eigenvalue weighted by Crippen LogP contribution is -2.34. The van der Waals surface area contributed by atoms with E-state index in [1.54, 1.807) is 47.8 Å². The van der Waals surface area contributed by atoms with Crippen molar-refractivity contribution in [1.29, 1.82) is 0 Å². The Bertz CT molecular complexity index is 761. The van der Waals surface area contributed by atoms with Crippen LogP contribution in [0, 0.1) is 5.92 Å². The topological polar surface area (TPSA) is 105 Å². The van der Waals surface area contributed by atoms with Crippen molar-refractivity contribution in [3.63, 3.8) is 0 Å². The number of nitrogens with zero attached hydrogens (tertiary/aromatic N) is 2. The second kappa shape index (κ2) is 8.28. The van der Waals surface area contributed by atoms with Crippen LogP contribution in [-0.2, 0) is 20.9 Å². The molecule has 3 heterocycles. The first-order valence-corrected chi connectivity index (χ1v) is 8.39. The number of hydrogen-bond acceptors (Lipinski definition) is 5. The van der Waals surface area contributed by atoms with Crippen molar-refractivity contribution in [2.24, 2.45) is 5.92 Å². The molecule has 1 aliphatic rings. The SMILES string of the molecule is O=C(CCNC(=O)C1CC(=O)N(Cc2ccco2)C1)Nc1cccnc1. The van der Waals surface area contributed by atoms with Crippen molar-refractivity contribution in [1.82, 2.24) is 15.2 Å². The maximum Gasteiger partial charge on any atom is 0.226 e. The minimum Gasteiger partial charge on any atom is -0.467 e. The molecule has 0 radical (unpaired) electrons. The smallest absolute Gasteiger partial charge is 0.226 e. The summed E-state index contributed by atoms with van der Waals surface area (Å²) in [4.78, 5) is 41.6. The van der Waals surface area contributed by atoms with E-state index in [2.05, 4.69) is 15.6 Å². The second-order valence-electron chi connectivity index (χ2n) is 6.09. The third kappa shape index (κ3) is 4.69. The van der Waals surface area contributed by atoms with Gasteiger partial charge in [-0.1, -0.05) is 0 Å². The normalized spacial score (nSPS) is 16.5. The number of hydrogen-bond donors (Lipinski definition) is 2. The molecule has 3 amide bonds. The van der Waals surface area contributed by atoms with Crippen LogP contribution in [-0.4, -0.2) is 40.7 Å². The summed E-state index contributed by atoms with van der Waals surface area (Å²) in [7, 11) is 0. The zero-order chi connectivity index (χ0) is 18.4. The van der Waals surface area contributed by atoms with E-state index in [0.717, 1.165) is 0 Å². The molecule has 1 aliphatic heterocycles. The minimum absolute atomic E-state index is 0.0733. The molecule has 1 saturated heterocycles. The Morgan fingerprint density at radius 2 is 2.19 bits per heavy atom. The third-order valence-corrected chi connectivity index (χ3v) is 4.11. The van der Waals surface area contributed by atoms with Crippen LogP contribution in [0.1, 0.15) is 18.6 Å². The van der Waals surface area contributed by atoms with Crippen LogP contribution < -0.4 is 10.6 Å². The molecule has 8 heteroatoms. The van der Waals surface area contributed by atoms with E-state index >= 15 is 0 Å². The van der Waals surface area contributed by atoms with E-state index in [0.29, 0.717) is 24.5 Å². The fourth-order valence-corrected chi connectivity index (χ4v) is 2.80. The van der Waals surface area contributed by atoms with Crippen LogP contribution in [0.25, 0.3) is 0 Å². The van der Waals surface area contributed by atoms with Gasteiger partial charge in [0.25, 0.3) is 0 Å². The monoisotopic (exact) mass is 356 g/mol. The lowest BCUT2D eigenvalue weighted by Gasteiger charge is -2.15. The van der Waals surface area contributed by atoms with E-state index in [1.165, 1.54) is 0 Å². The van der Waals surface area contributed by atoms with E-state index in [1.807, 2.05) is 0 Å². The number of anilines is 1. The molecule has 8 nitrogen and oxygen atoms in total. The maximum absolute atomic E-state index is 12.2. The Balaban J connectivity index is 1.39. The molecule has 1 atom stereocenters. The molecule has 2 aromatic heterocycles. The number of furan rings is 1. The lowest BCUT2D eigenvalue weighted by atomic mass is 10.1. The first kappa shape index (κ1) is 17.7. The lowest BCUT2D eigenvalue weighted by molar-refractivity contribution is -0.129. The van der Waals surface area contributed by atoms with Gasteiger partial charge in [0, 0.05) is 32.1 Å². The second-order valence-corrected chi connectivity index (χ2v) is 6.09. The van der Waals surface area contributed by atoms with Crippen LogP contribution in [0.4, 0.5) is 5.69 Å². The van der Waals surface area contributed by atoms with Gasteiger partial charge in [-0.3, -0.25) is 19.4 Å². The van der Waals surface area contributed by atoms with Gasteiger partial charge in [-0.2, -0.15) is 0 Å². The van der Waals surface area contributed by atoms with Crippen LogP contribution >= 0.6 is 0 Å². The van der Waals surface area contributed by atoms with Crippen LogP contribution in [0.2, 0.25) is 0 Å². The summed E-state index contributed by atoms with van der Waals surface area (Å²) in [5.74, 6) is -0.212. The number of aromatic nitrogens is 1. The number of amides is 3. The molecule has 3 rings (SSSR count). The van der Waals surface area contributed by atoms with Gasteiger partial charge in [0.15, 0.2) is 0 Å². The van der Waals surface area contributed by atoms with Crippen molar-refractivity contribution in [2.75, 3.05) is 18.4 Å². The number of carbonyl (C=O) groups excluding carboxylic acids is 3. The molecule has 1 unspecified atom stereocenters. The molecule has 0 spiro atoms. The van der Waals surface area contributed by atoms with Crippen molar-refractivity contribution >= 4 is 23.4 Å². The summed E-state index contributed by atoms with van der Waals surface area (Å²) in [6.07, 6.45) is 5.05. The third-order valence-electron chi connectivity index (χ3n) is 4.11. The van der Waals surface area contributed by atoms with Gasteiger partial charge in [-0.25, -0.2) is 0 Å². The van der Waals surface area contributed by atoms with Gasteiger partial charge in [0.2, 0.25) is 17.7 Å². The zero-order valence-electron chi connectivity index (χ0n) is 14.2. The average Bonchev–Trinajstić information content (AvgIpc) is 3.26. The largest absolute Gasteiger partial charge is 0.467 e. The summed E-state index contributed by atoms with van der Waals surface area (Å²) in [5, 5.41) is 5.42.